The fourth-order valence-corrected chi connectivity index (χ4v) is 1.96. The molecule has 0 aliphatic carbocycles. The van der Waals surface area contributed by atoms with Gasteiger partial charge in [-0.1, -0.05) is 0 Å². The molecular formula is C10H13N5S. The highest BCUT2D eigenvalue weighted by molar-refractivity contribution is 7.11. The maximum Gasteiger partial charge on any atom is 0.149 e. The van der Waals surface area contributed by atoms with Crippen molar-refractivity contribution in [2.24, 2.45) is 0 Å². The zero-order valence-electron chi connectivity index (χ0n) is 8.90. The first kappa shape index (κ1) is 10.7. The maximum absolute atomic E-state index is 5.60. The summed E-state index contributed by atoms with van der Waals surface area (Å²) in [6.07, 6.45) is 1.85. The van der Waals surface area contributed by atoms with E-state index in [1.54, 1.807) is 23.5 Å². The number of nitrogens with two attached hydrogens (primary N) is 2. The standard InChI is InChI=1S/C10H13N5S/c1-6-4-14-9(16-6)5-13-8-3-2-7(11)10(12)15-8/h2-4H,5,11H2,1H3,(H3,12,13,15). The van der Waals surface area contributed by atoms with Gasteiger partial charge in [-0.3, -0.25) is 0 Å². The molecule has 6 heteroatoms. The largest absolute Gasteiger partial charge is 0.396 e. The van der Waals surface area contributed by atoms with Crippen molar-refractivity contribution in [3.8, 4) is 0 Å². The average Bonchev–Trinajstić information content (AvgIpc) is 2.66. The van der Waals surface area contributed by atoms with Crippen LogP contribution >= 0.6 is 11.3 Å². The predicted molar refractivity (Wildman–Crippen MR) is 67.2 cm³/mol. The third-order valence-corrected chi connectivity index (χ3v) is 2.96. The lowest BCUT2D eigenvalue weighted by atomic mass is 10.4. The number of rotatable bonds is 3. The second kappa shape index (κ2) is 4.36. The molecule has 0 saturated heterocycles. The van der Waals surface area contributed by atoms with E-state index in [1.165, 1.54) is 4.88 Å². The van der Waals surface area contributed by atoms with E-state index in [0.29, 0.717) is 23.9 Å². The van der Waals surface area contributed by atoms with Gasteiger partial charge in [0.15, 0.2) is 0 Å². The number of hydrogen-bond donors (Lipinski definition) is 3. The van der Waals surface area contributed by atoms with E-state index in [2.05, 4.69) is 15.3 Å². The minimum atomic E-state index is 0.348. The summed E-state index contributed by atoms with van der Waals surface area (Å²) in [5.74, 6) is 1.06. The molecule has 2 aromatic heterocycles. The molecule has 0 fully saturated rings. The monoisotopic (exact) mass is 235 g/mol. The molecule has 5 N–H and O–H groups in total. The molecule has 0 saturated carbocycles. The molecule has 0 aliphatic rings. The first-order valence-corrected chi connectivity index (χ1v) is 5.64. The van der Waals surface area contributed by atoms with Gasteiger partial charge < -0.3 is 16.8 Å². The number of nitrogen functional groups attached to an aromatic ring is 2. The van der Waals surface area contributed by atoms with Gasteiger partial charge in [0.25, 0.3) is 0 Å². The van der Waals surface area contributed by atoms with Gasteiger partial charge in [0.2, 0.25) is 0 Å². The van der Waals surface area contributed by atoms with Crippen LogP contribution < -0.4 is 16.8 Å². The highest BCUT2D eigenvalue weighted by Gasteiger charge is 2.01. The molecule has 2 heterocycles. The number of nitrogens with zero attached hydrogens (tertiary/aromatic N) is 2. The summed E-state index contributed by atoms with van der Waals surface area (Å²) in [5.41, 5.74) is 11.7. The van der Waals surface area contributed by atoms with Gasteiger partial charge in [-0.25, -0.2) is 9.97 Å². The summed E-state index contributed by atoms with van der Waals surface area (Å²) in [7, 11) is 0. The number of aromatic nitrogens is 2. The molecule has 5 nitrogen and oxygen atoms in total. The fourth-order valence-electron chi connectivity index (χ4n) is 1.23. The molecule has 16 heavy (non-hydrogen) atoms. The van der Waals surface area contributed by atoms with Gasteiger partial charge in [-0.2, -0.15) is 0 Å². The Hall–Kier alpha value is -1.82. The predicted octanol–water partition coefficient (Wildman–Crippen LogP) is 1.62. The summed E-state index contributed by atoms with van der Waals surface area (Å²) in [6.45, 7) is 2.68. The summed E-state index contributed by atoms with van der Waals surface area (Å²) in [4.78, 5) is 9.55. The smallest absolute Gasteiger partial charge is 0.149 e. The number of anilines is 3. The van der Waals surface area contributed by atoms with Crippen molar-refractivity contribution >= 4 is 28.7 Å². The summed E-state index contributed by atoms with van der Waals surface area (Å²) < 4.78 is 0. The van der Waals surface area contributed by atoms with E-state index in [9.17, 15) is 0 Å². The van der Waals surface area contributed by atoms with E-state index in [4.69, 9.17) is 11.5 Å². The normalized spacial score (nSPS) is 10.3. The van der Waals surface area contributed by atoms with Gasteiger partial charge in [0, 0.05) is 11.1 Å². The van der Waals surface area contributed by atoms with Crippen LogP contribution in [-0.2, 0) is 6.54 Å². The minimum absolute atomic E-state index is 0.348. The van der Waals surface area contributed by atoms with Gasteiger partial charge >= 0.3 is 0 Å². The van der Waals surface area contributed by atoms with E-state index in [-0.39, 0.29) is 0 Å². The average molecular weight is 235 g/mol. The Bertz CT molecular complexity index is 494. The Kier molecular flexibility index (Phi) is 2.91. The summed E-state index contributed by atoms with van der Waals surface area (Å²) in [6, 6.07) is 3.53. The quantitative estimate of drug-likeness (QED) is 0.752. The maximum atomic E-state index is 5.60. The molecule has 0 radical (unpaired) electrons. The Morgan fingerprint density at radius 2 is 2.19 bits per heavy atom. The van der Waals surface area contributed by atoms with Gasteiger partial charge in [0.1, 0.15) is 16.6 Å². The number of aryl methyl sites for hydroxylation is 1. The molecule has 0 aromatic carbocycles. The van der Waals surface area contributed by atoms with E-state index in [0.717, 1.165) is 5.01 Å². The van der Waals surface area contributed by atoms with Crippen LogP contribution in [0.25, 0.3) is 0 Å². The second-order valence-corrected chi connectivity index (χ2v) is 4.71. The molecule has 0 bridgehead atoms. The lowest BCUT2D eigenvalue weighted by Crippen LogP contribution is -2.04. The molecule has 2 aromatic rings. The van der Waals surface area contributed by atoms with Crippen molar-refractivity contribution in [2.75, 3.05) is 16.8 Å². The first-order chi connectivity index (χ1) is 7.65. The fraction of sp³-hybridized carbons (Fsp3) is 0.200. The van der Waals surface area contributed by atoms with E-state index < -0.39 is 0 Å². The van der Waals surface area contributed by atoms with Crippen LogP contribution in [0.15, 0.2) is 18.3 Å². The Morgan fingerprint density at radius 1 is 1.38 bits per heavy atom. The number of nitrogens with one attached hydrogen (secondary N) is 1. The minimum Gasteiger partial charge on any atom is -0.396 e. The van der Waals surface area contributed by atoms with E-state index in [1.807, 2.05) is 13.1 Å². The van der Waals surface area contributed by atoms with Crippen LogP contribution in [0.5, 0.6) is 0 Å². The highest BCUT2D eigenvalue weighted by atomic mass is 32.1. The number of hydrogen-bond acceptors (Lipinski definition) is 6. The van der Waals surface area contributed by atoms with Crippen molar-refractivity contribution in [1.82, 2.24) is 9.97 Å². The van der Waals surface area contributed by atoms with E-state index >= 15 is 0 Å². The molecule has 0 aliphatic heterocycles. The molecule has 0 amide bonds. The first-order valence-electron chi connectivity index (χ1n) is 4.82. The van der Waals surface area contributed by atoms with Crippen molar-refractivity contribution in [2.45, 2.75) is 13.5 Å². The molecule has 84 valence electrons. The zero-order chi connectivity index (χ0) is 11.5. The van der Waals surface area contributed by atoms with Crippen LogP contribution in [0.3, 0.4) is 0 Å². The Morgan fingerprint density at radius 3 is 2.81 bits per heavy atom. The zero-order valence-corrected chi connectivity index (χ0v) is 9.71. The van der Waals surface area contributed by atoms with Gasteiger partial charge in [-0.05, 0) is 19.1 Å². The van der Waals surface area contributed by atoms with Crippen molar-refractivity contribution in [3.63, 3.8) is 0 Å². The van der Waals surface area contributed by atoms with Gasteiger partial charge in [0.05, 0.1) is 12.2 Å². The molecular weight excluding hydrogens is 222 g/mol. The molecule has 0 spiro atoms. The van der Waals surface area contributed by atoms with Crippen molar-refractivity contribution in [3.05, 3.63) is 28.2 Å². The van der Waals surface area contributed by atoms with Crippen molar-refractivity contribution < 1.29 is 0 Å². The lowest BCUT2D eigenvalue weighted by Gasteiger charge is -2.05. The molecule has 0 unspecified atom stereocenters. The third kappa shape index (κ3) is 2.40. The van der Waals surface area contributed by atoms with Crippen LogP contribution in [-0.4, -0.2) is 9.97 Å². The van der Waals surface area contributed by atoms with Crippen LogP contribution in [0.2, 0.25) is 0 Å². The highest BCUT2D eigenvalue weighted by Crippen LogP contribution is 2.16. The van der Waals surface area contributed by atoms with Crippen LogP contribution in [0, 0.1) is 6.92 Å². The van der Waals surface area contributed by atoms with Crippen LogP contribution in [0.1, 0.15) is 9.88 Å². The number of pyridine rings is 1. The molecule has 0 atom stereocenters. The third-order valence-electron chi connectivity index (χ3n) is 2.05. The summed E-state index contributed by atoms with van der Waals surface area (Å²) >= 11 is 1.66. The lowest BCUT2D eigenvalue weighted by molar-refractivity contribution is 1.08. The summed E-state index contributed by atoms with van der Waals surface area (Å²) in [5, 5.41) is 4.17. The second-order valence-electron chi connectivity index (χ2n) is 3.39. The molecule has 2 rings (SSSR count). The number of thiazole rings is 1. The SMILES string of the molecule is Cc1cnc(CNc2ccc(N)c(N)n2)s1. The Labute approximate surface area is 97.5 Å². The Balaban J connectivity index is 2.02. The topological polar surface area (TPSA) is 89.8 Å². The van der Waals surface area contributed by atoms with Crippen molar-refractivity contribution in [1.29, 1.82) is 0 Å². The van der Waals surface area contributed by atoms with Gasteiger partial charge in [-0.15, -0.1) is 11.3 Å². The van der Waals surface area contributed by atoms with Crippen LogP contribution in [0.4, 0.5) is 17.3 Å².